The van der Waals surface area contributed by atoms with Crippen LogP contribution in [0.5, 0.6) is 0 Å². The van der Waals surface area contributed by atoms with Crippen LogP contribution in [0.4, 0.5) is 5.69 Å². The molecule has 136 valence electrons. The van der Waals surface area contributed by atoms with Crippen molar-refractivity contribution in [1.29, 1.82) is 0 Å². The molecule has 0 unspecified atom stereocenters. The van der Waals surface area contributed by atoms with Gasteiger partial charge in [0.1, 0.15) is 0 Å². The van der Waals surface area contributed by atoms with Crippen LogP contribution < -0.4 is 10.4 Å². The van der Waals surface area contributed by atoms with Gasteiger partial charge in [0, 0.05) is 54.2 Å². The topological polar surface area (TPSA) is 73.2 Å². The van der Waals surface area contributed by atoms with E-state index in [1.807, 2.05) is 6.07 Å². The fourth-order valence-electron chi connectivity index (χ4n) is 2.30. The molecular weight excluding hydrogens is 468 g/mol. The number of alkyl halides is 1. The Bertz CT molecular complexity index is 930. The first-order chi connectivity index (χ1) is 12.1. The first-order valence-corrected chi connectivity index (χ1v) is 8.23. The van der Waals surface area contributed by atoms with E-state index in [4.69, 9.17) is 23.2 Å². The second kappa shape index (κ2) is 9.11. The molecule has 1 heterocycles. The van der Waals surface area contributed by atoms with Gasteiger partial charge in [-0.25, -0.2) is 0 Å². The molecule has 0 aliphatic carbocycles. The number of hydrogen-bond acceptors (Lipinski definition) is 3. The Morgan fingerprint density at radius 1 is 1.12 bits per heavy atom. The van der Waals surface area contributed by atoms with Crippen molar-refractivity contribution in [1.82, 2.24) is 10.2 Å². The van der Waals surface area contributed by atoms with Gasteiger partial charge in [-0.1, -0.05) is 23.7 Å². The van der Waals surface area contributed by atoms with Crippen LogP contribution in [0.15, 0.2) is 54.9 Å². The van der Waals surface area contributed by atoms with E-state index >= 15 is 0 Å². The number of ketones is 1. The van der Waals surface area contributed by atoms with E-state index < -0.39 is 0 Å². The van der Waals surface area contributed by atoms with Gasteiger partial charge in [0.15, 0.2) is 5.78 Å². The predicted molar refractivity (Wildman–Crippen MR) is 96.4 cm³/mol. The zero-order valence-corrected chi connectivity index (χ0v) is 16.3. The van der Waals surface area contributed by atoms with E-state index in [9.17, 15) is 9.59 Å². The van der Waals surface area contributed by atoms with Gasteiger partial charge in [-0.05, 0) is 35.9 Å². The number of amides is 1. The molecule has 26 heavy (non-hydrogen) atoms. The molecule has 0 aliphatic rings. The third-order valence-electron chi connectivity index (χ3n) is 3.54. The van der Waals surface area contributed by atoms with E-state index in [1.54, 1.807) is 30.3 Å². The minimum absolute atomic E-state index is 0. The van der Waals surface area contributed by atoms with Gasteiger partial charge >= 0.3 is 0 Å². The summed E-state index contributed by atoms with van der Waals surface area (Å²) >= 11 is 11.8. The Hall–Kier alpha value is -1.97. The van der Waals surface area contributed by atoms with Crippen LogP contribution in [0.2, 0.25) is 5.02 Å². The van der Waals surface area contributed by atoms with Crippen molar-refractivity contribution in [2.24, 2.45) is 0 Å². The molecule has 0 spiro atoms. The Morgan fingerprint density at radius 2 is 1.92 bits per heavy atom. The molecule has 1 aromatic heterocycles. The third kappa shape index (κ3) is 4.60. The standard InChI is InChI=1S/C18H13Cl2N3O2.Pd/c19-8-11-2-1-3-12(6-11)18(25)23-16-5-4-14(20)7-15(16)17(24)13-9-21-22-10-13;/h1-7,9-10H,8H2,(H2,21,22,23,24,25);/p-1. The zero-order valence-electron chi connectivity index (χ0n) is 13.2. The average Bonchev–Trinajstić information content (AvgIpc) is 3.17. The number of benzene rings is 2. The van der Waals surface area contributed by atoms with Crippen LogP contribution in [-0.4, -0.2) is 16.8 Å². The first-order valence-electron chi connectivity index (χ1n) is 7.32. The number of carbonyl (C=O) groups is 2. The van der Waals surface area contributed by atoms with Gasteiger partial charge in [0.25, 0.3) is 5.91 Å². The fourth-order valence-corrected chi connectivity index (χ4v) is 2.64. The number of rotatable bonds is 5. The largest absolute Gasteiger partial charge is 0.581 e. The third-order valence-corrected chi connectivity index (χ3v) is 4.08. The van der Waals surface area contributed by atoms with Gasteiger partial charge in [0.2, 0.25) is 0 Å². The van der Waals surface area contributed by atoms with Crippen LogP contribution in [0.25, 0.3) is 0 Å². The van der Waals surface area contributed by atoms with Crippen molar-refractivity contribution in [2.45, 2.75) is 5.88 Å². The van der Waals surface area contributed by atoms with E-state index in [-0.39, 0.29) is 37.7 Å². The van der Waals surface area contributed by atoms with E-state index in [0.29, 0.717) is 27.7 Å². The van der Waals surface area contributed by atoms with Gasteiger partial charge < -0.3 is 15.5 Å². The van der Waals surface area contributed by atoms with Crippen molar-refractivity contribution < 1.29 is 30.0 Å². The summed E-state index contributed by atoms with van der Waals surface area (Å²) in [6.07, 6.45) is 2.72. The molecule has 3 aromatic rings. The molecule has 8 heteroatoms. The summed E-state index contributed by atoms with van der Waals surface area (Å²) in [6.45, 7) is 0. The summed E-state index contributed by atoms with van der Waals surface area (Å²) < 4.78 is 0. The molecule has 0 saturated heterocycles. The number of nitrogens with zero attached hydrogens (tertiary/aromatic N) is 2. The summed E-state index contributed by atoms with van der Waals surface area (Å²) in [4.78, 5) is 25.1. The second-order valence-electron chi connectivity index (χ2n) is 5.25. The number of halogens is 2. The molecule has 0 bridgehead atoms. The maximum absolute atomic E-state index is 12.6. The van der Waals surface area contributed by atoms with E-state index in [2.05, 4.69) is 15.5 Å². The van der Waals surface area contributed by atoms with Crippen LogP contribution >= 0.6 is 23.2 Å². The molecule has 0 aliphatic heterocycles. The summed E-state index contributed by atoms with van der Waals surface area (Å²) in [5, 5.41) is 10.4. The van der Waals surface area contributed by atoms with Crippen LogP contribution in [0.3, 0.4) is 0 Å². The fraction of sp³-hybridized carbons (Fsp3) is 0.0556. The molecule has 2 aromatic carbocycles. The van der Waals surface area contributed by atoms with Crippen molar-refractivity contribution >= 4 is 40.6 Å². The quantitative estimate of drug-likeness (QED) is 0.342. The van der Waals surface area contributed by atoms with Crippen LogP contribution in [0, 0.1) is 0 Å². The summed E-state index contributed by atoms with van der Waals surface area (Å²) in [7, 11) is 0. The van der Waals surface area contributed by atoms with Gasteiger partial charge in [0.05, 0.1) is 5.69 Å². The molecule has 5 nitrogen and oxygen atoms in total. The predicted octanol–water partition coefficient (Wildman–Crippen LogP) is 3.91. The monoisotopic (exact) mass is 478 g/mol. The Morgan fingerprint density at radius 3 is 2.62 bits per heavy atom. The van der Waals surface area contributed by atoms with Crippen molar-refractivity contribution in [3.05, 3.63) is 82.1 Å². The summed E-state index contributed by atoms with van der Waals surface area (Å²) in [6, 6.07) is 11.6. The first kappa shape index (κ1) is 20.3. The molecule has 0 saturated carbocycles. The molecule has 0 radical (unpaired) electrons. The van der Waals surface area contributed by atoms with Crippen molar-refractivity contribution in [3.8, 4) is 0 Å². The maximum Gasteiger partial charge on any atom is 0.255 e. The Kier molecular flexibility index (Phi) is 7.13. The normalized spacial score (nSPS) is 10.1. The molecule has 1 N–H and O–H groups in total. The van der Waals surface area contributed by atoms with Crippen LogP contribution in [-0.2, 0) is 26.3 Å². The van der Waals surface area contributed by atoms with Crippen molar-refractivity contribution in [3.63, 3.8) is 0 Å². The molecule has 1 amide bonds. The number of anilines is 1. The minimum atomic E-state index is -0.345. The maximum atomic E-state index is 12.6. The zero-order chi connectivity index (χ0) is 17.8. The molecule has 3 rings (SSSR count). The second-order valence-corrected chi connectivity index (χ2v) is 5.96. The van der Waals surface area contributed by atoms with Crippen molar-refractivity contribution in [2.75, 3.05) is 5.32 Å². The summed E-state index contributed by atoms with van der Waals surface area (Å²) in [5.41, 5.74) is 2.22. The van der Waals surface area contributed by atoms with Gasteiger partial charge in [-0.15, -0.1) is 17.8 Å². The minimum Gasteiger partial charge on any atom is -0.581 e. The van der Waals surface area contributed by atoms with E-state index in [0.717, 1.165) is 5.56 Å². The molecular formula is C18H12Cl2N3O2Pd-. The SMILES string of the molecule is O=C(Nc1ccc(Cl)cc1C(=O)c1cn[n-]c1)c1cccc(CCl)c1.[Pd]. The number of carbonyl (C=O) groups excluding carboxylic acids is 2. The van der Waals surface area contributed by atoms with Gasteiger partial charge in [-0.2, -0.15) is 0 Å². The van der Waals surface area contributed by atoms with Crippen LogP contribution in [0.1, 0.15) is 31.8 Å². The number of aromatic nitrogens is 2. The Labute approximate surface area is 173 Å². The number of hydrogen-bond donors (Lipinski definition) is 1. The average molecular weight is 480 g/mol. The molecule has 0 fully saturated rings. The Balaban J connectivity index is 0.00000243. The van der Waals surface area contributed by atoms with E-state index in [1.165, 1.54) is 18.5 Å². The van der Waals surface area contributed by atoms with Gasteiger partial charge in [-0.3, -0.25) is 9.59 Å². The number of nitrogens with one attached hydrogen (secondary N) is 1. The molecule has 0 atom stereocenters. The smallest absolute Gasteiger partial charge is 0.255 e. The summed E-state index contributed by atoms with van der Waals surface area (Å²) in [5.74, 6) is -0.359.